The van der Waals surface area contributed by atoms with Crippen LogP contribution in [0.3, 0.4) is 0 Å². The number of hydrogen-bond acceptors (Lipinski definition) is 5. The van der Waals surface area contributed by atoms with E-state index in [1.54, 1.807) is 18.2 Å². The Labute approximate surface area is 181 Å². The molecule has 6 nitrogen and oxygen atoms in total. The topological polar surface area (TPSA) is 78.3 Å². The lowest BCUT2D eigenvalue weighted by molar-refractivity contribution is -0.128. The first-order valence-electron chi connectivity index (χ1n) is 8.82. The van der Waals surface area contributed by atoms with Crippen LogP contribution in [0.2, 0.25) is 5.02 Å². The molecule has 0 saturated carbocycles. The van der Waals surface area contributed by atoms with Crippen LogP contribution in [-0.4, -0.2) is 39.1 Å². The van der Waals surface area contributed by atoms with Gasteiger partial charge in [0, 0.05) is 34.7 Å². The van der Waals surface area contributed by atoms with Crippen LogP contribution in [0.5, 0.6) is 0 Å². The van der Waals surface area contributed by atoms with Gasteiger partial charge in [-0.05, 0) is 42.3 Å². The second kappa shape index (κ2) is 8.44. The van der Waals surface area contributed by atoms with E-state index in [9.17, 15) is 9.59 Å². The third-order valence-electron chi connectivity index (χ3n) is 4.44. The lowest BCUT2D eigenvalue weighted by Gasteiger charge is -2.14. The van der Waals surface area contributed by atoms with E-state index in [1.165, 1.54) is 11.2 Å². The number of amides is 2. The summed E-state index contributed by atoms with van der Waals surface area (Å²) < 4.78 is 5.58. The number of hydrogen-bond donors (Lipinski definition) is 2. The van der Waals surface area contributed by atoms with Gasteiger partial charge in [0.25, 0.3) is 5.91 Å². The van der Waals surface area contributed by atoms with Gasteiger partial charge in [0.1, 0.15) is 16.6 Å². The highest BCUT2D eigenvalue weighted by molar-refractivity contribution is 8.26. The first kappa shape index (κ1) is 19.8. The number of H-pyrrole nitrogens is 1. The Bertz CT molecular complexity index is 1120. The molecule has 0 bridgehead atoms. The molecule has 4 rings (SSSR count). The molecule has 9 heteroatoms. The number of benzene rings is 1. The molecule has 2 aromatic heterocycles. The van der Waals surface area contributed by atoms with Gasteiger partial charge in [-0.15, -0.1) is 0 Å². The number of thiocarbonyl (C=S) groups is 1. The highest BCUT2D eigenvalue weighted by atomic mass is 35.5. The second-order valence-corrected chi connectivity index (χ2v) is 8.50. The highest BCUT2D eigenvalue weighted by Crippen LogP contribution is 2.32. The number of aromatic nitrogens is 1. The number of halogens is 1. The number of thioether (sulfide) groups is 1. The number of carbonyl (C=O) groups is 2. The SMILES string of the molecule is O=C(CN1C(=O)C(=Cc2ccco2)SC1=S)NCCc1c[nH]c2ccc(Cl)cc12. The Kier molecular flexibility index (Phi) is 5.75. The van der Waals surface area contributed by atoms with Crippen molar-refractivity contribution in [3.05, 3.63) is 64.0 Å². The van der Waals surface area contributed by atoms with Gasteiger partial charge in [-0.2, -0.15) is 0 Å². The summed E-state index contributed by atoms with van der Waals surface area (Å²) in [6.07, 6.45) is 5.71. The van der Waals surface area contributed by atoms with Crippen LogP contribution in [0.15, 0.2) is 52.1 Å². The van der Waals surface area contributed by atoms with Crippen molar-refractivity contribution < 1.29 is 14.0 Å². The standard InChI is InChI=1S/C20H16ClN3O3S2/c21-13-3-4-16-15(8-13)12(10-23-16)5-6-22-18(25)11-24-19(26)17(29-20(24)28)9-14-2-1-7-27-14/h1-4,7-10,23H,5-6,11H2,(H,22,25). The monoisotopic (exact) mass is 445 g/mol. The maximum absolute atomic E-state index is 12.5. The van der Waals surface area contributed by atoms with Crippen molar-refractivity contribution in [3.63, 3.8) is 0 Å². The van der Waals surface area contributed by atoms with Crippen molar-refractivity contribution in [2.24, 2.45) is 0 Å². The van der Waals surface area contributed by atoms with Gasteiger partial charge >= 0.3 is 0 Å². The zero-order chi connectivity index (χ0) is 20.4. The van der Waals surface area contributed by atoms with E-state index in [0.29, 0.717) is 33.0 Å². The lowest BCUT2D eigenvalue weighted by atomic mass is 10.1. The zero-order valence-electron chi connectivity index (χ0n) is 15.1. The molecule has 1 aliphatic heterocycles. The average Bonchev–Trinajstić information content (AvgIpc) is 3.40. The molecule has 0 radical (unpaired) electrons. The summed E-state index contributed by atoms with van der Waals surface area (Å²) in [4.78, 5) is 29.8. The van der Waals surface area contributed by atoms with Crippen molar-refractivity contribution in [2.45, 2.75) is 6.42 Å². The van der Waals surface area contributed by atoms with Crippen LogP contribution in [-0.2, 0) is 16.0 Å². The Balaban J connectivity index is 1.33. The Hall–Kier alpha value is -2.55. The predicted octanol–water partition coefficient (Wildman–Crippen LogP) is 3.97. The number of rotatable bonds is 6. The molecular formula is C20H16ClN3O3S2. The maximum atomic E-state index is 12.5. The molecule has 2 amide bonds. The van der Waals surface area contributed by atoms with Crippen molar-refractivity contribution in [3.8, 4) is 0 Å². The van der Waals surface area contributed by atoms with E-state index < -0.39 is 0 Å². The fourth-order valence-electron chi connectivity index (χ4n) is 3.03. The van der Waals surface area contributed by atoms with Gasteiger partial charge in [-0.3, -0.25) is 14.5 Å². The molecule has 29 heavy (non-hydrogen) atoms. The van der Waals surface area contributed by atoms with Crippen molar-refractivity contribution in [2.75, 3.05) is 13.1 Å². The van der Waals surface area contributed by atoms with Crippen molar-refractivity contribution in [1.82, 2.24) is 15.2 Å². The van der Waals surface area contributed by atoms with Gasteiger partial charge in [0.15, 0.2) is 0 Å². The normalized spacial score (nSPS) is 15.6. The van der Waals surface area contributed by atoms with Gasteiger partial charge in [0.2, 0.25) is 5.91 Å². The average molecular weight is 446 g/mol. The molecule has 2 N–H and O–H groups in total. The third-order valence-corrected chi connectivity index (χ3v) is 6.05. The summed E-state index contributed by atoms with van der Waals surface area (Å²) >= 11 is 12.5. The first-order chi connectivity index (χ1) is 14.0. The van der Waals surface area contributed by atoms with Gasteiger partial charge in [-0.25, -0.2) is 0 Å². The molecule has 1 aliphatic rings. The van der Waals surface area contributed by atoms with Crippen LogP contribution in [0, 0.1) is 0 Å². The van der Waals surface area contributed by atoms with Gasteiger partial charge in [-0.1, -0.05) is 35.6 Å². The largest absolute Gasteiger partial charge is 0.465 e. The molecule has 148 valence electrons. The molecule has 1 aromatic carbocycles. The van der Waals surface area contributed by atoms with E-state index in [2.05, 4.69) is 10.3 Å². The molecule has 3 heterocycles. The first-order valence-corrected chi connectivity index (χ1v) is 10.4. The number of nitrogens with zero attached hydrogens (tertiary/aromatic N) is 1. The van der Waals surface area contributed by atoms with E-state index >= 15 is 0 Å². The Morgan fingerprint density at radius 2 is 2.24 bits per heavy atom. The minimum Gasteiger partial charge on any atom is -0.465 e. The second-order valence-electron chi connectivity index (χ2n) is 6.39. The summed E-state index contributed by atoms with van der Waals surface area (Å²) in [6.45, 7) is 0.329. The maximum Gasteiger partial charge on any atom is 0.266 e. The summed E-state index contributed by atoms with van der Waals surface area (Å²) in [5, 5.41) is 4.54. The number of fused-ring (bicyclic) bond motifs is 1. The zero-order valence-corrected chi connectivity index (χ0v) is 17.5. The van der Waals surface area contributed by atoms with E-state index in [1.807, 2.05) is 24.4 Å². The third kappa shape index (κ3) is 4.39. The smallest absolute Gasteiger partial charge is 0.266 e. The van der Waals surface area contributed by atoms with Crippen LogP contribution >= 0.6 is 35.6 Å². The summed E-state index contributed by atoms with van der Waals surface area (Å²) in [5.74, 6) is 0.00465. The predicted molar refractivity (Wildman–Crippen MR) is 119 cm³/mol. The summed E-state index contributed by atoms with van der Waals surface area (Å²) in [5.41, 5.74) is 2.06. The molecule has 0 atom stereocenters. The molecule has 0 unspecified atom stereocenters. The van der Waals surface area contributed by atoms with Gasteiger partial charge in [0.05, 0.1) is 11.2 Å². The van der Waals surface area contributed by atoms with E-state index in [-0.39, 0.29) is 18.4 Å². The molecule has 0 spiro atoms. The van der Waals surface area contributed by atoms with Crippen LogP contribution < -0.4 is 5.32 Å². The highest BCUT2D eigenvalue weighted by Gasteiger charge is 2.33. The molecule has 0 aliphatic carbocycles. The molecular weight excluding hydrogens is 430 g/mol. The number of aromatic amines is 1. The van der Waals surface area contributed by atoms with E-state index in [0.717, 1.165) is 28.2 Å². The van der Waals surface area contributed by atoms with Crippen molar-refractivity contribution in [1.29, 1.82) is 0 Å². The molecule has 1 saturated heterocycles. The fourth-order valence-corrected chi connectivity index (χ4v) is 4.44. The number of nitrogens with one attached hydrogen (secondary N) is 2. The lowest BCUT2D eigenvalue weighted by Crippen LogP contribution is -2.40. The minimum atomic E-state index is -0.294. The quantitative estimate of drug-likeness (QED) is 0.443. The van der Waals surface area contributed by atoms with Crippen LogP contribution in [0.4, 0.5) is 0 Å². The molecule has 3 aromatic rings. The van der Waals surface area contributed by atoms with Crippen LogP contribution in [0.25, 0.3) is 17.0 Å². The fraction of sp³-hybridized carbons (Fsp3) is 0.150. The van der Waals surface area contributed by atoms with Crippen molar-refractivity contribution >= 4 is 68.7 Å². The number of carbonyl (C=O) groups excluding carboxylic acids is 2. The molecule has 1 fully saturated rings. The summed E-state index contributed by atoms with van der Waals surface area (Å²) in [7, 11) is 0. The Morgan fingerprint density at radius 3 is 3.03 bits per heavy atom. The minimum absolute atomic E-state index is 0.111. The van der Waals surface area contributed by atoms with Crippen LogP contribution in [0.1, 0.15) is 11.3 Å². The van der Waals surface area contributed by atoms with Gasteiger partial charge < -0.3 is 14.7 Å². The van der Waals surface area contributed by atoms with E-state index in [4.69, 9.17) is 28.2 Å². The number of furan rings is 1. The Morgan fingerprint density at radius 1 is 1.38 bits per heavy atom. The summed E-state index contributed by atoms with van der Waals surface area (Å²) in [6, 6.07) is 9.13.